The molecule has 0 saturated heterocycles. The Balaban J connectivity index is 2.13. The molecule has 1 aliphatic rings. The first-order valence-electron chi connectivity index (χ1n) is 9.02. The average molecular weight is 389 g/mol. The van der Waals surface area contributed by atoms with E-state index in [1.54, 1.807) is 32.2 Å². The van der Waals surface area contributed by atoms with Gasteiger partial charge in [0.1, 0.15) is 5.75 Å². The molecule has 8 heteroatoms. The summed E-state index contributed by atoms with van der Waals surface area (Å²) in [6.07, 6.45) is 2.33. The molecule has 0 saturated carbocycles. The minimum absolute atomic E-state index is 0.0808. The first-order valence-corrected chi connectivity index (χ1v) is 10.5. The predicted octanol–water partition coefficient (Wildman–Crippen LogP) is 3.27. The Bertz CT molecular complexity index is 955. The molecule has 1 aliphatic heterocycles. The molecule has 0 bridgehead atoms. The van der Waals surface area contributed by atoms with Gasteiger partial charge in [-0.25, -0.2) is 13.4 Å². The standard InChI is InChI=1S/C19H23N3O4S/c1-4-12-22-18-17(8-7-11-20-18)26-16-10-9-14(13-15(16)19(22)23)27(24,25)21(5-2)6-3/h7-11,13H,4-6,12H2,1-3H3. The highest BCUT2D eigenvalue weighted by molar-refractivity contribution is 7.89. The van der Waals surface area contributed by atoms with Crippen LogP contribution in [0.4, 0.5) is 5.82 Å². The minimum Gasteiger partial charge on any atom is -0.453 e. The third-order valence-corrected chi connectivity index (χ3v) is 6.49. The number of rotatable bonds is 6. The van der Waals surface area contributed by atoms with Crippen LogP contribution in [0, 0.1) is 0 Å². The van der Waals surface area contributed by atoms with E-state index in [2.05, 4.69) is 4.98 Å². The third-order valence-electron chi connectivity index (χ3n) is 4.44. The van der Waals surface area contributed by atoms with Gasteiger partial charge in [-0.3, -0.25) is 9.69 Å². The van der Waals surface area contributed by atoms with Crippen molar-refractivity contribution in [3.63, 3.8) is 0 Å². The molecule has 144 valence electrons. The van der Waals surface area contributed by atoms with E-state index in [9.17, 15) is 13.2 Å². The Morgan fingerprint density at radius 3 is 2.52 bits per heavy atom. The molecule has 0 radical (unpaired) electrons. The van der Waals surface area contributed by atoms with Crippen molar-refractivity contribution in [2.75, 3.05) is 24.5 Å². The lowest BCUT2D eigenvalue weighted by molar-refractivity contribution is 0.0986. The highest BCUT2D eigenvalue weighted by Gasteiger charge is 2.31. The fraction of sp³-hybridized carbons (Fsp3) is 0.368. The van der Waals surface area contributed by atoms with Crippen molar-refractivity contribution in [2.45, 2.75) is 32.1 Å². The smallest absolute Gasteiger partial charge is 0.263 e. The van der Waals surface area contributed by atoms with Crippen molar-refractivity contribution >= 4 is 21.7 Å². The van der Waals surface area contributed by atoms with Crippen LogP contribution in [0.3, 0.4) is 0 Å². The van der Waals surface area contributed by atoms with Gasteiger partial charge in [-0.2, -0.15) is 4.31 Å². The Morgan fingerprint density at radius 1 is 1.11 bits per heavy atom. The zero-order valence-electron chi connectivity index (χ0n) is 15.7. The number of carbonyl (C=O) groups is 1. The summed E-state index contributed by atoms with van der Waals surface area (Å²) in [5.74, 6) is 0.915. The van der Waals surface area contributed by atoms with Gasteiger partial charge >= 0.3 is 0 Å². The summed E-state index contributed by atoms with van der Waals surface area (Å²) in [4.78, 5) is 19.1. The molecule has 27 heavy (non-hydrogen) atoms. The van der Waals surface area contributed by atoms with Crippen molar-refractivity contribution in [3.8, 4) is 11.5 Å². The van der Waals surface area contributed by atoms with Gasteiger partial charge in [-0.15, -0.1) is 0 Å². The summed E-state index contributed by atoms with van der Waals surface area (Å²) in [5.41, 5.74) is 0.217. The average Bonchev–Trinajstić information content (AvgIpc) is 2.78. The maximum absolute atomic E-state index is 13.2. The van der Waals surface area contributed by atoms with Crippen LogP contribution in [0.15, 0.2) is 41.4 Å². The molecule has 0 unspecified atom stereocenters. The van der Waals surface area contributed by atoms with E-state index in [0.29, 0.717) is 37.0 Å². The molecule has 0 atom stereocenters. The molecule has 2 aromatic rings. The molecular weight excluding hydrogens is 366 g/mol. The number of carbonyl (C=O) groups excluding carboxylic acids is 1. The van der Waals surface area contributed by atoms with Crippen LogP contribution in [0.2, 0.25) is 0 Å². The Kier molecular flexibility index (Phi) is 5.48. The molecule has 0 fully saturated rings. The van der Waals surface area contributed by atoms with Gasteiger partial charge in [-0.1, -0.05) is 20.8 Å². The van der Waals surface area contributed by atoms with Gasteiger partial charge in [0.25, 0.3) is 5.91 Å². The summed E-state index contributed by atoms with van der Waals surface area (Å²) < 4.78 is 32.9. The first kappa shape index (κ1) is 19.3. The SMILES string of the molecule is CCCN1C(=O)c2cc(S(=O)(=O)N(CC)CC)ccc2Oc2cccnc21. The number of aromatic nitrogens is 1. The molecule has 2 heterocycles. The second kappa shape index (κ2) is 7.66. The molecule has 0 spiro atoms. The molecule has 1 aromatic heterocycles. The van der Waals surface area contributed by atoms with E-state index in [4.69, 9.17) is 4.74 Å². The number of nitrogens with zero attached hydrogens (tertiary/aromatic N) is 3. The van der Waals surface area contributed by atoms with Gasteiger partial charge in [0.2, 0.25) is 10.0 Å². The van der Waals surface area contributed by atoms with Crippen LogP contribution >= 0.6 is 0 Å². The number of sulfonamides is 1. The maximum Gasteiger partial charge on any atom is 0.263 e. The molecular formula is C19H23N3O4S. The molecule has 0 aliphatic carbocycles. The number of fused-ring (bicyclic) bond motifs is 2. The van der Waals surface area contributed by atoms with Crippen LogP contribution in [-0.2, 0) is 10.0 Å². The number of hydrogen-bond acceptors (Lipinski definition) is 5. The number of amides is 1. The van der Waals surface area contributed by atoms with Crippen LogP contribution in [0.1, 0.15) is 37.6 Å². The Hall–Kier alpha value is -2.45. The Morgan fingerprint density at radius 2 is 1.85 bits per heavy atom. The highest BCUT2D eigenvalue weighted by Crippen LogP contribution is 2.38. The predicted molar refractivity (Wildman–Crippen MR) is 103 cm³/mol. The topological polar surface area (TPSA) is 79.8 Å². The fourth-order valence-corrected chi connectivity index (χ4v) is 4.58. The number of pyridine rings is 1. The third kappa shape index (κ3) is 3.42. The van der Waals surface area contributed by atoms with E-state index in [1.807, 2.05) is 6.92 Å². The zero-order chi connectivity index (χ0) is 19.6. The molecule has 1 aromatic carbocycles. The van der Waals surface area contributed by atoms with Gasteiger partial charge in [0, 0.05) is 25.8 Å². The number of ether oxygens (including phenoxy) is 1. The summed E-state index contributed by atoms with van der Waals surface area (Å²) in [5, 5.41) is 0. The lowest BCUT2D eigenvalue weighted by Gasteiger charge is -2.21. The molecule has 0 N–H and O–H groups in total. The summed E-state index contributed by atoms with van der Waals surface area (Å²) >= 11 is 0. The van der Waals surface area contributed by atoms with Crippen LogP contribution in [0.5, 0.6) is 11.5 Å². The first-order chi connectivity index (χ1) is 12.9. The van der Waals surface area contributed by atoms with E-state index < -0.39 is 10.0 Å². The van der Waals surface area contributed by atoms with Gasteiger partial charge in [-0.05, 0) is 36.8 Å². The van der Waals surface area contributed by atoms with Crippen molar-refractivity contribution in [2.24, 2.45) is 0 Å². The maximum atomic E-state index is 13.2. The molecule has 3 rings (SSSR count). The number of anilines is 1. The van der Waals surface area contributed by atoms with E-state index in [1.165, 1.54) is 27.4 Å². The zero-order valence-corrected chi connectivity index (χ0v) is 16.5. The summed E-state index contributed by atoms with van der Waals surface area (Å²) in [6, 6.07) is 7.90. The molecule has 1 amide bonds. The van der Waals surface area contributed by atoms with Crippen molar-refractivity contribution < 1.29 is 17.9 Å². The van der Waals surface area contributed by atoms with Gasteiger partial charge in [0.05, 0.1) is 10.5 Å². The monoisotopic (exact) mass is 389 g/mol. The number of benzene rings is 1. The van der Waals surface area contributed by atoms with Gasteiger partial charge in [0.15, 0.2) is 11.6 Å². The summed E-state index contributed by atoms with van der Waals surface area (Å²) in [7, 11) is -3.68. The summed E-state index contributed by atoms with van der Waals surface area (Å²) in [6.45, 7) is 6.70. The van der Waals surface area contributed by atoms with E-state index >= 15 is 0 Å². The normalized spacial score (nSPS) is 13.8. The van der Waals surface area contributed by atoms with Crippen LogP contribution in [0.25, 0.3) is 0 Å². The fourth-order valence-electron chi connectivity index (χ4n) is 3.09. The van der Waals surface area contributed by atoms with E-state index in [0.717, 1.165) is 6.42 Å². The minimum atomic E-state index is -3.68. The van der Waals surface area contributed by atoms with Crippen LogP contribution < -0.4 is 9.64 Å². The van der Waals surface area contributed by atoms with Crippen LogP contribution in [-0.4, -0.2) is 43.2 Å². The second-order valence-electron chi connectivity index (χ2n) is 6.13. The quantitative estimate of drug-likeness (QED) is 0.757. The van der Waals surface area contributed by atoms with Crippen molar-refractivity contribution in [1.82, 2.24) is 9.29 Å². The van der Waals surface area contributed by atoms with Crippen molar-refractivity contribution in [3.05, 3.63) is 42.1 Å². The lowest BCUT2D eigenvalue weighted by Crippen LogP contribution is -2.32. The Labute approximate surface area is 159 Å². The van der Waals surface area contributed by atoms with Gasteiger partial charge < -0.3 is 4.74 Å². The highest BCUT2D eigenvalue weighted by atomic mass is 32.2. The largest absolute Gasteiger partial charge is 0.453 e. The van der Waals surface area contributed by atoms with Crippen molar-refractivity contribution in [1.29, 1.82) is 0 Å². The lowest BCUT2D eigenvalue weighted by atomic mass is 10.1. The molecule has 7 nitrogen and oxygen atoms in total. The second-order valence-corrected chi connectivity index (χ2v) is 8.07. The number of hydrogen-bond donors (Lipinski definition) is 0. The van der Waals surface area contributed by atoms with E-state index in [-0.39, 0.29) is 16.4 Å².